The van der Waals surface area contributed by atoms with Crippen LogP contribution in [0.25, 0.3) is 22.4 Å². The highest BCUT2D eigenvalue weighted by Gasteiger charge is 2.15. The van der Waals surface area contributed by atoms with Crippen molar-refractivity contribution in [1.82, 2.24) is 10.2 Å². The molecule has 2 aromatic carbocycles. The molecule has 0 spiro atoms. The van der Waals surface area contributed by atoms with Gasteiger partial charge < -0.3 is 5.73 Å². The van der Waals surface area contributed by atoms with E-state index in [1.165, 1.54) is 11.1 Å². The largest absolute Gasteiger partial charge is 0.382 e. The lowest BCUT2D eigenvalue weighted by Crippen LogP contribution is -1.90. The molecule has 0 bridgehead atoms. The van der Waals surface area contributed by atoms with E-state index in [4.69, 9.17) is 5.73 Å². The molecule has 0 fully saturated rings. The number of hydrogen-bond acceptors (Lipinski definition) is 2. The van der Waals surface area contributed by atoms with Gasteiger partial charge in [-0.15, -0.1) is 0 Å². The molecule has 0 radical (unpaired) electrons. The maximum absolute atomic E-state index is 6.07. The number of benzene rings is 2. The van der Waals surface area contributed by atoms with Gasteiger partial charge in [-0.25, -0.2) is 0 Å². The third-order valence-electron chi connectivity index (χ3n) is 3.52. The number of rotatable bonds is 2. The Labute approximate surface area is 118 Å². The molecule has 3 rings (SSSR count). The third kappa shape index (κ3) is 2.07. The molecule has 1 heterocycles. The molecule has 100 valence electrons. The Kier molecular flexibility index (Phi) is 3.03. The molecule has 0 unspecified atom stereocenters. The summed E-state index contributed by atoms with van der Waals surface area (Å²) in [6, 6.07) is 16.5. The van der Waals surface area contributed by atoms with Crippen molar-refractivity contribution in [2.24, 2.45) is 0 Å². The summed E-state index contributed by atoms with van der Waals surface area (Å²) in [6.07, 6.45) is 0. The van der Waals surface area contributed by atoms with Crippen LogP contribution in [-0.2, 0) is 0 Å². The molecule has 20 heavy (non-hydrogen) atoms. The number of aromatic nitrogens is 2. The van der Waals surface area contributed by atoms with Crippen molar-refractivity contribution in [1.29, 1.82) is 0 Å². The van der Waals surface area contributed by atoms with Gasteiger partial charge in [0.2, 0.25) is 0 Å². The van der Waals surface area contributed by atoms with E-state index in [2.05, 4.69) is 54.4 Å². The molecule has 3 aromatic rings. The number of nitrogen functional groups attached to an aromatic ring is 1. The van der Waals surface area contributed by atoms with Gasteiger partial charge in [0.15, 0.2) is 5.82 Å². The fourth-order valence-electron chi connectivity index (χ4n) is 2.50. The third-order valence-corrected chi connectivity index (χ3v) is 3.52. The van der Waals surface area contributed by atoms with E-state index in [1.807, 2.05) is 18.2 Å². The summed E-state index contributed by atoms with van der Waals surface area (Å²) in [5, 5.41) is 7.27. The lowest BCUT2D eigenvalue weighted by molar-refractivity contribution is 1.10. The first-order chi connectivity index (χ1) is 9.66. The maximum Gasteiger partial charge on any atom is 0.153 e. The second-order valence-electron chi connectivity index (χ2n) is 5.04. The Morgan fingerprint density at radius 3 is 2.55 bits per heavy atom. The van der Waals surface area contributed by atoms with E-state index in [0.29, 0.717) is 5.82 Å². The molecule has 3 heteroatoms. The van der Waals surface area contributed by atoms with Gasteiger partial charge in [0.05, 0.1) is 11.3 Å². The van der Waals surface area contributed by atoms with Crippen LogP contribution in [0.2, 0.25) is 0 Å². The van der Waals surface area contributed by atoms with Gasteiger partial charge in [0.1, 0.15) is 0 Å². The van der Waals surface area contributed by atoms with Crippen LogP contribution < -0.4 is 5.73 Å². The topological polar surface area (TPSA) is 54.7 Å². The molecule has 0 saturated heterocycles. The first-order valence-electron chi connectivity index (χ1n) is 6.63. The van der Waals surface area contributed by atoms with Crippen molar-refractivity contribution >= 4 is 5.82 Å². The normalized spacial score (nSPS) is 10.7. The lowest BCUT2D eigenvalue weighted by atomic mass is 9.97. The van der Waals surface area contributed by atoms with Crippen LogP contribution in [0.5, 0.6) is 0 Å². The molecule has 0 amide bonds. The molecule has 0 aliphatic carbocycles. The average Bonchev–Trinajstić information content (AvgIpc) is 2.81. The highest BCUT2D eigenvalue weighted by molar-refractivity contribution is 5.88. The van der Waals surface area contributed by atoms with Gasteiger partial charge >= 0.3 is 0 Å². The Morgan fingerprint density at radius 1 is 1.00 bits per heavy atom. The van der Waals surface area contributed by atoms with E-state index >= 15 is 0 Å². The van der Waals surface area contributed by atoms with Crippen LogP contribution in [0, 0.1) is 13.8 Å². The minimum absolute atomic E-state index is 0.536. The minimum atomic E-state index is 0.536. The first kappa shape index (κ1) is 12.5. The maximum atomic E-state index is 6.07. The summed E-state index contributed by atoms with van der Waals surface area (Å²) >= 11 is 0. The first-order valence-corrected chi connectivity index (χ1v) is 6.63. The fraction of sp³-hybridized carbons (Fsp3) is 0.118. The van der Waals surface area contributed by atoms with E-state index in [1.54, 1.807) is 0 Å². The molecule has 3 N–H and O–H groups in total. The number of hydrogen-bond donors (Lipinski definition) is 2. The Balaban J connectivity index is 2.23. The van der Waals surface area contributed by atoms with Gasteiger partial charge in [-0.2, -0.15) is 5.10 Å². The molecule has 0 saturated carbocycles. The lowest BCUT2D eigenvalue weighted by Gasteiger charge is -2.08. The molecule has 1 aromatic heterocycles. The minimum Gasteiger partial charge on any atom is -0.382 e. The van der Waals surface area contributed by atoms with Crippen LogP contribution in [0.15, 0.2) is 48.5 Å². The highest BCUT2D eigenvalue weighted by atomic mass is 15.2. The van der Waals surface area contributed by atoms with Gasteiger partial charge in [0, 0.05) is 5.56 Å². The van der Waals surface area contributed by atoms with Crippen molar-refractivity contribution in [3.8, 4) is 22.4 Å². The molecule has 3 nitrogen and oxygen atoms in total. The standard InChI is InChI=1S/C17H17N3/c1-11-6-5-8-13(10-11)15-16(19-20-17(15)18)14-9-4-3-7-12(14)2/h3-10H,1-2H3,(H3,18,19,20). The van der Waals surface area contributed by atoms with E-state index in [0.717, 1.165) is 22.4 Å². The Bertz CT molecular complexity index is 756. The van der Waals surface area contributed by atoms with Gasteiger partial charge in [-0.05, 0) is 25.0 Å². The molecule has 0 aliphatic rings. The molecule has 0 atom stereocenters. The second kappa shape index (κ2) is 4.85. The number of H-pyrrole nitrogens is 1. The summed E-state index contributed by atoms with van der Waals surface area (Å²) in [5.41, 5.74) is 12.7. The van der Waals surface area contributed by atoms with Crippen LogP contribution in [0.1, 0.15) is 11.1 Å². The fourth-order valence-corrected chi connectivity index (χ4v) is 2.50. The molecule has 0 aliphatic heterocycles. The molecular weight excluding hydrogens is 246 g/mol. The second-order valence-corrected chi connectivity index (χ2v) is 5.04. The zero-order chi connectivity index (χ0) is 14.1. The van der Waals surface area contributed by atoms with E-state index < -0.39 is 0 Å². The van der Waals surface area contributed by atoms with Crippen LogP contribution in [0.3, 0.4) is 0 Å². The summed E-state index contributed by atoms with van der Waals surface area (Å²) in [4.78, 5) is 0. The van der Waals surface area contributed by atoms with Crippen LogP contribution >= 0.6 is 0 Å². The van der Waals surface area contributed by atoms with E-state index in [-0.39, 0.29) is 0 Å². The van der Waals surface area contributed by atoms with Crippen molar-refractivity contribution in [3.63, 3.8) is 0 Å². The predicted octanol–water partition coefficient (Wildman–Crippen LogP) is 3.94. The summed E-state index contributed by atoms with van der Waals surface area (Å²) in [5.74, 6) is 0.536. The number of nitrogens with two attached hydrogens (primary N) is 1. The summed E-state index contributed by atoms with van der Waals surface area (Å²) < 4.78 is 0. The number of aromatic amines is 1. The smallest absolute Gasteiger partial charge is 0.153 e. The zero-order valence-electron chi connectivity index (χ0n) is 11.6. The monoisotopic (exact) mass is 263 g/mol. The van der Waals surface area contributed by atoms with Crippen molar-refractivity contribution < 1.29 is 0 Å². The quantitative estimate of drug-likeness (QED) is 0.735. The summed E-state index contributed by atoms with van der Waals surface area (Å²) in [6.45, 7) is 4.17. The highest BCUT2D eigenvalue weighted by Crippen LogP contribution is 2.36. The van der Waals surface area contributed by atoms with Gasteiger partial charge in [-0.1, -0.05) is 54.1 Å². The SMILES string of the molecule is Cc1cccc(-c2c(N)n[nH]c2-c2ccccc2C)c1. The number of nitrogens with zero attached hydrogens (tertiary/aromatic N) is 1. The summed E-state index contributed by atoms with van der Waals surface area (Å²) in [7, 11) is 0. The molecular formula is C17H17N3. The average molecular weight is 263 g/mol. The van der Waals surface area contributed by atoms with Crippen LogP contribution in [-0.4, -0.2) is 10.2 Å². The Morgan fingerprint density at radius 2 is 1.80 bits per heavy atom. The number of aryl methyl sites for hydroxylation is 2. The number of anilines is 1. The zero-order valence-corrected chi connectivity index (χ0v) is 11.6. The Hall–Kier alpha value is -2.55. The van der Waals surface area contributed by atoms with Gasteiger partial charge in [0.25, 0.3) is 0 Å². The van der Waals surface area contributed by atoms with E-state index in [9.17, 15) is 0 Å². The van der Waals surface area contributed by atoms with Crippen molar-refractivity contribution in [2.75, 3.05) is 5.73 Å². The van der Waals surface area contributed by atoms with Crippen molar-refractivity contribution in [2.45, 2.75) is 13.8 Å². The predicted molar refractivity (Wildman–Crippen MR) is 83.3 cm³/mol. The van der Waals surface area contributed by atoms with Crippen LogP contribution in [0.4, 0.5) is 5.82 Å². The van der Waals surface area contributed by atoms with Crippen molar-refractivity contribution in [3.05, 3.63) is 59.7 Å². The van der Waals surface area contributed by atoms with Gasteiger partial charge in [-0.3, -0.25) is 5.10 Å². The number of nitrogens with one attached hydrogen (secondary N) is 1.